The van der Waals surface area contributed by atoms with Gasteiger partial charge in [-0.05, 0) is 41.8 Å². The van der Waals surface area contributed by atoms with Crippen LogP contribution in [-0.4, -0.2) is 18.4 Å². The highest BCUT2D eigenvalue weighted by Gasteiger charge is 2.14. The summed E-state index contributed by atoms with van der Waals surface area (Å²) in [7, 11) is 0. The molecule has 6 heteroatoms. The molecule has 5 nitrogen and oxygen atoms in total. The first-order valence-corrected chi connectivity index (χ1v) is 8.17. The molecule has 0 saturated heterocycles. The van der Waals surface area contributed by atoms with Gasteiger partial charge in [-0.2, -0.15) is 0 Å². The van der Waals surface area contributed by atoms with Crippen LogP contribution in [0.3, 0.4) is 0 Å². The van der Waals surface area contributed by atoms with Crippen LogP contribution in [0.5, 0.6) is 5.75 Å². The smallest absolute Gasteiger partial charge is 0.227 e. The van der Waals surface area contributed by atoms with Crippen LogP contribution >= 0.6 is 0 Å². The molecule has 2 N–H and O–H groups in total. The Morgan fingerprint density at radius 3 is 2.72 bits per heavy atom. The van der Waals surface area contributed by atoms with Gasteiger partial charge < -0.3 is 15.4 Å². The Labute approximate surface area is 145 Å². The van der Waals surface area contributed by atoms with Crippen LogP contribution in [0, 0.1) is 5.82 Å². The van der Waals surface area contributed by atoms with E-state index in [1.54, 1.807) is 24.3 Å². The lowest BCUT2D eigenvalue weighted by atomic mass is 10.1. The van der Waals surface area contributed by atoms with Gasteiger partial charge in [0.05, 0.1) is 18.7 Å². The van der Waals surface area contributed by atoms with E-state index in [0.717, 1.165) is 11.1 Å². The number of ether oxygens (including phenoxy) is 1. The Hall–Kier alpha value is -2.89. The highest BCUT2D eigenvalue weighted by Crippen LogP contribution is 2.28. The number of benzene rings is 2. The molecule has 1 aliphatic rings. The Morgan fingerprint density at radius 2 is 1.92 bits per heavy atom. The van der Waals surface area contributed by atoms with Crippen LogP contribution in [0.1, 0.15) is 24.0 Å². The molecule has 1 aliphatic heterocycles. The first-order valence-electron chi connectivity index (χ1n) is 8.17. The maximum absolute atomic E-state index is 12.8. The van der Waals surface area contributed by atoms with Gasteiger partial charge in [-0.3, -0.25) is 9.59 Å². The van der Waals surface area contributed by atoms with Crippen LogP contribution in [0.2, 0.25) is 0 Å². The average molecular weight is 342 g/mol. The molecule has 0 spiro atoms. The maximum atomic E-state index is 12.8. The van der Waals surface area contributed by atoms with Gasteiger partial charge in [0.15, 0.2) is 0 Å². The molecule has 0 fully saturated rings. The number of amides is 2. The quantitative estimate of drug-likeness (QED) is 0.878. The zero-order valence-corrected chi connectivity index (χ0v) is 13.7. The molecule has 0 bridgehead atoms. The fourth-order valence-electron chi connectivity index (χ4n) is 2.58. The Bertz CT molecular complexity index is 775. The third-order valence-electron chi connectivity index (χ3n) is 3.95. The van der Waals surface area contributed by atoms with Crippen molar-refractivity contribution < 1.29 is 18.7 Å². The number of aryl methyl sites for hydroxylation is 1. The fourth-order valence-corrected chi connectivity index (χ4v) is 2.58. The second-order valence-corrected chi connectivity index (χ2v) is 5.88. The van der Waals surface area contributed by atoms with Crippen molar-refractivity contribution in [3.63, 3.8) is 0 Å². The van der Waals surface area contributed by atoms with Gasteiger partial charge in [0.25, 0.3) is 0 Å². The highest BCUT2D eigenvalue weighted by atomic mass is 19.1. The van der Waals surface area contributed by atoms with Crippen LogP contribution in [0.25, 0.3) is 0 Å². The lowest BCUT2D eigenvalue weighted by molar-refractivity contribution is -0.121. The van der Waals surface area contributed by atoms with Crippen molar-refractivity contribution >= 4 is 17.5 Å². The summed E-state index contributed by atoms with van der Waals surface area (Å²) in [5, 5.41) is 5.64. The molecule has 3 rings (SSSR count). The molecule has 2 amide bonds. The lowest BCUT2D eigenvalue weighted by Gasteiger charge is -2.10. The number of hydrogen-bond acceptors (Lipinski definition) is 3. The van der Waals surface area contributed by atoms with E-state index < -0.39 is 0 Å². The predicted molar refractivity (Wildman–Crippen MR) is 91.8 cm³/mol. The van der Waals surface area contributed by atoms with Gasteiger partial charge >= 0.3 is 0 Å². The molecule has 0 unspecified atom stereocenters. The van der Waals surface area contributed by atoms with Gasteiger partial charge in [0.1, 0.15) is 11.6 Å². The number of hydrogen-bond donors (Lipinski definition) is 2. The summed E-state index contributed by atoms with van der Waals surface area (Å²) in [5.41, 5.74) is 2.42. The Kier molecular flexibility index (Phi) is 5.28. The number of fused-ring (bicyclic) bond motifs is 1. The Morgan fingerprint density at radius 1 is 1.16 bits per heavy atom. The minimum Gasteiger partial charge on any atom is -0.491 e. The first kappa shape index (κ1) is 17.0. The minimum absolute atomic E-state index is 0.0837. The normalized spacial score (nSPS) is 13.2. The number of anilines is 1. The zero-order chi connectivity index (χ0) is 17.6. The van der Waals surface area contributed by atoms with Crippen molar-refractivity contribution in [2.24, 2.45) is 0 Å². The minimum atomic E-state index is -0.285. The van der Waals surface area contributed by atoms with Crippen molar-refractivity contribution in [1.29, 1.82) is 0 Å². The first-order chi connectivity index (χ1) is 12.1. The van der Waals surface area contributed by atoms with E-state index in [1.165, 1.54) is 12.1 Å². The van der Waals surface area contributed by atoms with Crippen molar-refractivity contribution in [3.8, 4) is 5.75 Å². The van der Waals surface area contributed by atoms with Gasteiger partial charge in [0, 0.05) is 13.0 Å². The summed E-state index contributed by atoms with van der Waals surface area (Å²) in [6.07, 6.45) is 1.21. The number of halogens is 1. The molecule has 2 aromatic carbocycles. The highest BCUT2D eigenvalue weighted by molar-refractivity contribution is 5.93. The van der Waals surface area contributed by atoms with Crippen molar-refractivity contribution in [1.82, 2.24) is 5.32 Å². The van der Waals surface area contributed by atoms with E-state index in [0.29, 0.717) is 43.9 Å². The summed E-state index contributed by atoms with van der Waals surface area (Å²) in [6, 6.07) is 11.6. The van der Waals surface area contributed by atoms with Crippen LogP contribution in [0.15, 0.2) is 42.5 Å². The standard InChI is InChI=1S/C19H19FN2O3/c20-15-5-1-13(2-6-15)4-8-18(23)21-12-14-3-7-17-16(11-14)22-19(24)9-10-25-17/h1-3,5-7,11H,4,8-10,12H2,(H,21,23)(H,22,24). The zero-order valence-electron chi connectivity index (χ0n) is 13.7. The van der Waals surface area contributed by atoms with Crippen molar-refractivity contribution in [2.45, 2.75) is 25.8 Å². The predicted octanol–water partition coefficient (Wildman–Crippen LogP) is 2.80. The molecule has 0 radical (unpaired) electrons. The Balaban J connectivity index is 1.52. The average Bonchev–Trinajstić information content (AvgIpc) is 2.79. The van der Waals surface area contributed by atoms with E-state index in [2.05, 4.69) is 10.6 Å². The van der Waals surface area contributed by atoms with E-state index in [9.17, 15) is 14.0 Å². The topological polar surface area (TPSA) is 67.4 Å². The molecular formula is C19H19FN2O3. The van der Waals surface area contributed by atoms with Gasteiger partial charge in [-0.1, -0.05) is 18.2 Å². The monoisotopic (exact) mass is 342 g/mol. The van der Waals surface area contributed by atoms with Crippen LogP contribution in [-0.2, 0) is 22.6 Å². The third kappa shape index (κ3) is 4.79. The van der Waals surface area contributed by atoms with Crippen molar-refractivity contribution in [2.75, 3.05) is 11.9 Å². The summed E-state index contributed by atoms with van der Waals surface area (Å²) in [6.45, 7) is 0.726. The summed E-state index contributed by atoms with van der Waals surface area (Å²) in [5.74, 6) is 0.184. The number of carbonyl (C=O) groups excluding carboxylic acids is 2. The van der Waals surface area contributed by atoms with Crippen LogP contribution in [0.4, 0.5) is 10.1 Å². The van der Waals surface area contributed by atoms with E-state index in [1.807, 2.05) is 6.07 Å². The third-order valence-corrected chi connectivity index (χ3v) is 3.95. The summed E-state index contributed by atoms with van der Waals surface area (Å²) in [4.78, 5) is 23.6. The van der Waals surface area contributed by atoms with Gasteiger partial charge in [0.2, 0.25) is 11.8 Å². The lowest BCUT2D eigenvalue weighted by Crippen LogP contribution is -2.23. The second kappa shape index (κ2) is 7.79. The molecule has 0 aromatic heterocycles. The second-order valence-electron chi connectivity index (χ2n) is 5.88. The van der Waals surface area contributed by atoms with Gasteiger partial charge in [-0.25, -0.2) is 4.39 Å². The fraction of sp³-hybridized carbons (Fsp3) is 0.263. The van der Waals surface area contributed by atoms with Gasteiger partial charge in [-0.15, -0.1) is 0 Å². The number of rotatable bonds is 5. The summed E-state index contributed by atoms with van der Waals surface area (Å²) < 4.78 is 18.3. The molecular weight excluding hydrogens is 323 g/mol. The number of carbonyl (C=O) groups is 2. The molecule has 1 heterocycles. The molecule has 130 valence electrons. The van der Waals surface area contributed by atoms with Crippen LogP contribution < -0.4 is 15.4 Å². The largest absolute Gasteiger partial charge is 0.491 e. The number of nitrogens with one attached hydrogen (secondary N) is 2. The van der Waals surface area contributed by atoms with E-state index in [4.69, 9.17) is 4.74 Å². The molecule has 25 heavy (non-hydrogen) atoms. The van der Waals surface area contributed by atoms with Crippen molar-refractivity contribution in [3.05, 3.63) is 59.4 Å². The SMILES string of the molecule is O=C(CCc1ccc(F)cc1)NCc1ccc2c(c1)NC(=O)CCO2. The molecule has 0 atom stereocenters. The summed E-state index contributed by atoms with van der Waals surface area (Å²) >= 11 is 0. The molecule has 0 aliphatic carbocycles. The maximum Gasteiger partial charge on any atom is 0.227 e. The molecule has 2 aromatic rings. The molecule has 0 saturated carbocycles. The van der Waals surface area contributed by atoms with E-state index in [-0.39, 0.29) is 17.6 Å². The van der Waals surface area contributed by atoms with E-state index >= 15 is 0 Å².